The fourth-order valence-electron chi connectivity index (χ4n) is 4.92. The molecule has 1 fully saturated rings. The molecule has 0 radical (unpaired) electrons. The van der Waals surface area contributed by atoms with Gasteiger partial charge in [0.25, 0.3) is 0 Å². The lowest BCUT2D eigenvalue weighted by Crippen LogP contribution is -2.50. The van der Waals surface area contributed by atoms with Gasteiger partial charge < -0.3 is 4.98 Å². The van der Waals surface area contributed by atoms with Gasteiger partial charge in [-0.05, 0) is 43.4 Å². The van der Waals surface area contributed by atoms with E-state index < -0.39 is 0 Å². The Hall–Kier alpha value is -1.86. The minimum absolute atomic E-state index is 0. The summed E-state index contributed by atoms with van der Waals surface area (Å²) in [4.78, 5) is 30.5. The van der Waals surface area contributed by atoms with Crippen molar-refractivity contribution in [3.05, 3.63) is 45.8 Å². The molecule has 0 bridgehead atoms. The summed E-state index contributed by atoms with van der Waals surface area (Å²) in [7, 11) is 0. The topological polar surface area (TPSA) is 64.6 Å². The van der Waals surface area contributed by atoms with Crippen LogP contribution in [-0.4, -0.2) is 45.9 Å². The number of hydrogen-bond donors (Lipinski definition) is 1. The van der Waals surface area contributed by atoms with E-state index in [1.165, 1.54) is 37.7 Å². The number of fused-ring (bicyclic) bond motifs is 3. The van der Waals surface area contributed by atoms with Gasteiger partial charge in [0.15, 0.2) is 11.7 Å². The van der Waals surface area contributed by atoms with Crippen LogP contribution in [0.1, 0.15) is 68.4 Å². The normalized spacial score (nSPS) is 20.9. The van der Waals surface area contributed by atoms with Gasteiger partial charge in [-0.3, -0.25) is 14.8 Å². The molecule has 5 rings (SSSR count). The number of rotatable bonds is 5. The monoisotopic (exact) mass is 505 g/mol. The van der Waals surface area contributed by atoms with Crippen molar-refractivity contribution in [3.63, 3.8) is 0 Å². The predicted octanol–water partition coefficient (Wildman–Crippen LogP) is 5.67. The molecule has 1 aromatic carbocycles. The second-order valence-corrected chi connectivity index (χ2v) is 9.55. The molecule has 31 heavy (non-hydrogen) atoms. The van der Waals surface area contributed by atoms with Crippen LogP contribution >= 0.6 is 28.3 Å². The second kappa shape index (κ2) is 9.33. The maximum absolute atomic E-state index is 13.3. The van der Waals surface area contributed by atoms with Crippen molar-refractivity contribution >= 4 is 46.0 Å². The Kier molecular flexibility index (Phi) is 6.72. The van der Waals surface area contributed by atoms with Crippen molar-refractivity contribution in [2.75, 3.05) is 18.0 Å². The van der Waals surface area contributed by atoms with Crippen molar-refractivity contribution in [1.82, 2.24) is 14.9 Å². The number of urea groups is 1. The molecule has 3 aliphatic rings. The van der Waals surface area contributed by atoms with Crippen molar-refractivity contribution in [2.45, 2.75) is 63.8 Å². The molecule has 6 nitrogen and oxygen atoms in total. The number of nitrogens with zero attached hydrogens (tertiary/aromatic N) is 4. The maximum Gasteiger partial charge on any atom is 0.331 e. The molecule has 1 atom stereocenters. The minimum Gasteiger partial charge on any atom is -0.337 e. The first-order valence-electron chi connectivity index (χ1n) is 11.2. The van der Waals surface area contributed by atoms with E-state index >= 15 is 0 Å². The summed E-state index contributed by atoms with van der Waals surface area (Å²) in [6.45, 7) is 3.41. The van der Waals surface area contributed by atoms with Gasteiger partial charge in [0, 0.05) is 16.9 Å². The lowest BCUT2D eigenvalue weighted by Gasteiger charge is -2.32. The fraction of sp³-hybridized carbons (Fsp3) is 0.522. The molecule has 1 saturated carbocycles. The van der Waals surface area contributed by atoms with Crippen molar-refractivity contribution in [3.8, 4) is 0 Å². The smallest absolute Gasteiger partial charge is 0.331 e. The van der Waals surface area contributed by atoms with Crippen LogP contribution in [0, 0.1) is 0 Å². The summed E-state index contributed by atoms with van der Waals surface area (Å²) in [5.74, 6) is 3.06. The first-order chi connectivity index (χ1) is 14.6. The highest BCUT2D eigenvalue weighted by molar-refractivity contribution is 9.10. The third-order valence-electron chi connectivity index (χ3n) is 6.42. The lowest BCUT2D eigenvalue weighted by atomic mass is 9.89. The number of halogens is 2. The number of aromatic amines is 1. The van der Waals surface area contributed by atoms with Gasteiger partial charge >= 0.3 is 6.03 Å². The highest BCUT2D eigenvalue weighted by atomic mass is 79.9. The van der Waals surface area contributed by atoms with Gasteiger partial charge in [-0.15, -0.1) is 12.4 Å². The third kappa shape index (κ3) is 4.27. The zero-order chi connectivity index (χ0) is 20.7. The molecule has 2 aliphatic heterocycles. The van der Waals surface area contributed by atoms with Crippen LogP contribution in [0.15, 0.2) is 33.7 Å². The van der Waals surface area contributed by atoms with Crippen LogP contribution < -0.4 is 4.90 Å². The number of amides is 2. The Morgan fingerprint density at radius 1 is 1.16 bits per heavy atom. The van der Waals surface area contributed by atoms with E-state index in [1.54, 1.807) is 0 Å². The molecule has 8 heteroatoms. The molecule has 1 N–H and O–H groups in total. The average molecular weight is 507 g/mol. The van der Waals surface area contributed by atoms with Gasteiger partial charge in [-0.25, -0.2) is 9.78 Å². The molecule has 166 valence electrons. The Morgan fingerprint density at radius 3 is 2.61 bits per heavy atom. The molecular weight excluding hydrogens is 478 g/mol. The number of H-pyrrole nitrogens is 1. The number of anilines is 1. The Balaban J connectivity index is 0.00000231. The molecule has 2 aromatic rings. The lowest BCUT2D eigenvalue weighted by molar-refractivity contribution is 0.226. The Bertz CT molecular complexity index is 967. The number of benzene rings is 1. The summed E-state index contributed by atoms with van der Waals surface area (Å²) >= 11 is 3.49. The van der Waals surface area contributed by atoms with Crippen LogP contribution in [0.4, 0.5) is 10.6 Å². The Labute approximate surface area is 198 Å². The van der Waals surface area contributed by atoms with Gasteiger partial charge in [0.2, 0.25) is 0 Å². The summed E-state index contributed by atoms with van der Waals surface area (Å²) in [5.41, 5.74) is 2.17. The quantitative estimate of drug-likeness (QED) is 0.568. The standard InChI is InChI=1S/C23H28BrN5O.ClH/c1-2-12-28-22-19(26-20(27-22)16-6-4-3-5-7-16)21-25-18(14-29(21)23(28)30)13-15-8-10-17(24)11-9-15;/h8-11,16,18H,2-7,12-14H2,1H3,(H,26,27);1H. The van der Waals surface area contributed by atoms with Crippen LogP contribution in [0.2, 0.25) is 0 Å². The largest absolute Gasteiger partial charge is 0.337 e. The summed E-state index contributed by atoms with van der Waals surface area (Å²) in [5, 5.41) is 0. The average Bonchev–Trinajstić information content (AvgIpc) is 3.38. The van der Waals surface area contributed by atoms with Gasteiger partial charge in [-0.2, -0.15) is 0 Å². The van der Waals surface area contributed by atoms with E-state index in [9.17, 15) is 4.79 Å². The second-order valence-electron chi connectivity index (χ2n) is 8.64. The number of nitrogens with one attached hydrogen (secondary N) is 1. The summed E-state index contributed by atoms with van der Waals surface area (Å²) < 4.78 is 1.07. The van der Waals surface area contributed by atoms with Gasteiger partial charge in [0.05, 0.1) is 12.6 Å². The highest BCUT2D eigenvalue weighted by Crippen LogP contribution is 2.36. The van der Waals surface area contributed by atoms with E-state index in [0.29, 0.717) is 19.0 Å². The molecule has 1 unspecified atom stereocenters. The molecule has 0 spiro atoms. The van der Waals surface area contributed by atoms with Gasteiger partial charge in [-0.1, -0.05) is 54.2 Å². The first kappa shape index (κ1) is 22.3. The van der Waals surface area contributed by atoms with Crippen LogP contribution in [0.5, 0.6) is 0 Å². The number of aliphatic imine (C=N–C) groups is 1. The highest BCUT2D eigenvalue weighted by Gasteiger charge is 2.42. The fourth-order valence-corrected chi connectivity index (χ4v) is 5.18. The van der Waals surface area contributed by atoms with E-state index in [1.807, 2.05) is 9.80 Å². The minimum atomic E-state index is 0. The Morgan fingerprint density at radius 2 is 1.90 bits per heavy atom. The first-order valence-corrected chi connectivity index (χ1v) is 11.9. The number of hydrogen-bond acceptors (Lipinski definition) is 3. The molecule has 1 aliphatic carbocycles. The molecule has 1 aromatic heterocycles. The van der Waals surface area contributed by atoms with E-state index in [-0.39, 0.29) is 24.5 Å². The molecule has 0 saturated heterocycles. The number of carbonyl (C=O) groups is 1. The summed E-state index contributed by atoms with van der Waals surface area (Å²) in [6.07, 6.45) is 7.92. The predicted molar refractivity (Wildman–Crippen MR) is 130 cm³/mol. The molecule has 2 amide bonds. The zero-order valence-corrected chi connectivity index (χ0v) is 20.2. The number of imidazole rings is 1. The zero-order valence-electron chi connectivity index (χ0n) is 17.8. The van der Waals surface area contributed by atoms with Crippen LogP contribution in [-0.2, 0) is 6.42 Å². The van der Waals surface area contributed by atoms with Crippen LogP contribution in [0.25, 0.3) is 0 Å². The van der Waals surface area contributed by atoms with E-state index in [2.05, 4.69) is 52.1 Å². The maximum atomic E-state index is 13.3. The van der Waals surface area contributed by atoms with E-state index in [0.717, 1.165) is 40.5 Å². The summed E-state index contributed by atoms with van der Waals surface area (Å²) in [6, 6.07) is 8.44. The molecule has 3 heterocycles. The number of carbonyl (C=O) groups excluding carboxylic acids is 1. The van der Waals surface area contributed by atoms with E-state index in [4.69, 9.17) is 9.98 Å². The number of amidine groups is 1. The van der Waals surface area contributed by atoms with Crippen molar-refractivity contribution < 1.29 is 4.79 Å². The molecular formula is C23H29BrClN5O. The SMILES string of the molecule is CCCN1C(=O)N2CC(Cc3ccc(Br)cc3)N=C2c2[nH]c(C3CCCCC3)nc21.Cl. The number of aromatic nitrogens is 2. The van der Waals surface area contributed by atoms with Crippen molar-refractivity contribution in [2.24, 2.45) is 4.99 Å². The van der Waals surface area contributed by atoms with Crippen LogP contribution in [0.3, 0.4) is 0 Å². The van der Waals surface area contributed by atoms with Crippen molar-refractivity contribution in [1.29, 1.82) is 0 Å². The van der Waals surface area contributed by atoms with Gasteiger partial charge in [0.1, 0.15) is 11.5 Å². The third-order valence-corrected chi connectivity index (χ3v) is 6.95.